The van der Waals surface area contributed by atoms with E-state index in [9.17, 15) is 9.59 Å². The lowest BCUT2D eigenvalue weighted by molar-refractivity contribution is -0.135. The van der Waals surface area contributed by atoms with E-state index in [0.29, 0.717) is 18.1 Å². The first-order valence-corrected chi connectivity index (χ1v) is 14.5. The number of rotatable bonds is 6. The predicted molar refractivity (Wildman–Crippen MR) is 153 cm³/mol. The molecule has 212 valence electrons. The van der Waals surface area contributed by atoms with Crippen molar-refractivity contribution in [1.82, 2.24) is 30.0 Å². The van der Waals surface area contributed by atoms with Gasteiger partial charge in [-0.05, 0) is 56.9 Å². The lowest BCUT2D eigenvalue weighted by Crippen LogP contribution is -2.43. The number of carbonyl (C=O) groups excluding carboxylic acids is 2. The van der Waals surface area contributed by atoms with E-state index in [1.165, 1.54) is 0 Å². The molecule has 2 bridgehead atoms. The van der Waals surface area contributed by atoms with Crippen LogP contribution in [0.15, 0.2) is 30.5 Å². The van der Waals surface area contributed by atoms with Crippen LogP contribution in [0.25, 0.3) is 22.4 Å². The number of hydrogen-bond donors (Lipinski definition) is 2. The second-order valence-electron chi connectivity index (χ2n) is 11.3. The predicted octanol–water partition coefficient (Wildman–Crippen LogP) is 3.82. The molecular weight excluding hydrogens is 508 g/mol. The lowest BCUT2D eigenvalue weighted by atomic mass is 10.0. The summed E-state index contributed by atoms with van der Waals surface area (Å²) in [5.74, 6) is 1.73. The first kappa shape index (κ1) is 26.5. The van der Waals surface area contributed by atoms with E-state index in [0.717, 1.165) is 74.3 Å². The van der Waals surface area contributed by atoms with Crippen molar-refractivity contribution in [3.8, 4) is 11.4 Å². The fourth-order valence-corrected chi connectivity index (χ4v) is 6.07. The Hall–Kier alpha value is -3.73. The number of anilines is 2. The van der Waals surface area contributed by atoms with Crippen molar-refractivity contribution < 1.29 is 14.3 Å². The van der Waals surface area contributed by atoms with Crippen molar-refractivity contribution in [3.63, 3.8) is 0 Å². The number of hydrogen-bond acceptors (Lipinski definition) is 7. The van der Waals surface area contributed by atoms with Gasteiger partial charge in [0.05, 0.1) is 29.8 Å². The number of fused-ring (bicyclic) bond motifs is 3. The van der Waals surface area contributed by atoms with Crippen LogP contribution in [0.4, 0.5) is 16.3 Å². The molecule has 2 N–H and O–H groups in total. The smallest absolute Gasteiger partial charge is 0.319 e. The molecule has 3 saturated heterocycles. The molecule has 3 aliphatic heterocycles. The number of aromatic nitrogens is 4. The summed E-state index contributed by atoms with van der Waals surface area (Å²) in [4.78, 5) is 38.9. The van der Waals surface area contributed by atoms with Gasteiger partial charge in [-0.1, -0.05) is 13.8 Å². The molecule has 3 aliphatic rings. The van der Waals surface area contributed by atoms with E-state index in [2.05, 4.69) is 15.5 Å². The van der Waals surface area contributed by atoms with Gasteiger partial charge >= 0.3 is 6.03 Å². The number of amides is 3. The van der Waals surface area contributed by atoms with Crippen molar-refractivity contribution >= 4 is 34.5 Å². The van der Waals surface area contributed by atoms with Crippen molar-refractivity contribution in [3.05, 3.63) is 30.5 Å². The number of piperidine rings is 1. The Morgan fingerprint density at radius 3 is 2.38 bits per heavy atom. The van der Waals surface area contributed by atoms with Gasteiger partial charge in [-0.15, -0.1) is 0 Å². The average molecular weight is 547 g/mol. The molecule has 11 nitrogen and oxygen atoms in total. The van der Waals surface area contributed by atoms with Crippen LogP contribution < -0.4 is 15.5 Å². The molecular formula is C29H38N8O3. The maximum Gasteiger partial charge on any atom is 0.319 e. The zero-order valence-corrected chi connectivity index (χ0v) is 23.5. The van der Waals surface area contributed by atoms with E-state index in [1.807, 2.05) is 60.8 Å². The Balaban J connectivity index is 1.33. The quantitative estimate of drug-likeness (QED) is 0.483. The molecule has 11 heteroatoms. The molecule has 3 amide bonds. The van der Waals surface area contributed by atoms with E-state index < -0.39 is 0 Å². The Morgan fingerprint density at radius 2 is 1.73 bits per heavy atom. The number of morpholine rings is 1. The summed E-state index contributed by atoms with van der Waals surface area (Å²) in [7, 11) is 0. The first-order valence-electron chi connectivity index (χ1n) is 14.5. The number of likely N-dealkylation sites (tertiary alicyclic amines) is 1. The molecule has 0 aliphatic carbocycles. The third kappa shape index (κ3) is 5.22. The van der Waals surface area contributed by atoms with Gasteiger partial charge in [-0.2, -0.15) is 5.10 Å². The Morgan fingerprint density at radius 1 is 1.02 bits per heavy atom. The van der Waals surface area contributed by atoms with E-state index in [4.69, 9.17) is 19.8 Å². The minimum absolute atomic E-state index is 0.00590. The first-order chi connectivity index (χ1) is 19.4. The zero-order chi connectivity index (χ0) is 27.8. The average Bonchev–Trinajstić information content (AvgIpc) is 3.54. The molecule has 0 spiro atoms. The number of carbonyl (C=O) groups is 2. The van der Waals surface area contributed by atoms with E-state index in [1.54, 1.807) is 0 Å². The van der Waals surface area contributed by atoms with Crippen molar-refractivity contribution in [2.75, 3.05) is 42.9 Å². The molecule has 2 unspecified atom stereocenters. The fraction of sp³-hybridized carbons (Fsp3) is 0.552. The maximum atomic E-state index is 12.5. The van der Waals surface area contributed by atoms with Crippen LogP contribution in [0.1, 0.15) is 52.5 Å². The summed E-state index contributed by atoms with van der Waals surface area (Å²) in [6, 6.07) is 7.53. The van der Waals surface area contributed by atoms with Gasteiger partial charge in [-0.25, -0.2) is 19.4 Å². The summed E-state index contributed by atoms with van der Waals surface area (Å²) in [5, 5.41) is 11.4. The molecule has 6 rings (SSSR count). The molecule has 1 aromatic carbocycles. The summed E-state index contributed by atoms with van der Waals surface area (Å²) in [6.45, 7) is 9.40. The lowest BCUT2D eigenvalue weighted by Gasteiger charge is -2.34. The molecule has 0 saturated carbocycles. The van der Waals surface area contributed by atoms with Gasteiger partial charge in [0.1, 0.15) is 5.82 Å². The van der Waals surface area contributed by atoms with Crippen LogP contribution in [0, 0.1) is 5.92 Å². The topological polar surface area (TPSA) is 118 Å². The third-order valence-electron chi connectivity index (χ3n) is 8.13. The highest BCUT2D eigenvalue weighted by Gasteiger charge is 2.36. The van der Waals surface area contributed by atoms with Gasteiger partial charge in [0.2, 0.25) is 5.91 Å². The minimum atomic E-state index is -0.234. The standard InChI is InChI=1S/C29H38N8O3/c1-4-30-29(39)32-20-7-5-19(6-8-20)25-33-26(36-16-22-9-10-23(17-36)40-22)24-15-31-37(27(24)34-25)21-11-13-35(14-12-21)28(38)18(2)3/h5-8,15,18,21-23H,4,9-14,16-17H2,1-3H3,(H2,30,32,39). The summed E-state index contributed by atoms with van der Waals surface area (Å²) in [6.07, 6.45) is 6.19. The Kier molecular flexibility index (Phi) is 7.31. The fourth-order valence-electron chi connectivity index (χ4n) is 6.07. The largest absolute Gasteiger partial charge is 0.371 e. The molecule has 2 atom stereocenters. The number of ether oxygens (including phenoxy) is 1. The van der Waals surface area contributed by atoms with Crippen LogP contribution in [0.5, 0.6) is 0 Å². The van der Waals surface area contributed by atoms with Gasteiger partial charge in [0.15, 0.2) is 11.5 Å². The maximum absolute atomic E-state index is 12.5. The highest BCUT2D eigenvalue weighted by atomic mass is 16.5. The molecule has 0 radical (unpaired) electrons. The SMILES string of the molecule is CCNC(=O)Nc1ccc(-c2nc(N3CC4CCC(C3)O4)c3cnn(C4CCN(C(=O)C(C)C)CC4)c3n2)cc1. The highest BCUT2D eigenvalue weighted by molar-refractivity contribution is 5.90. The number of nitrogens with zero attached hydrogens (tertiary/aromatic N) is 6. The van der Waals surface area contributed by atoms with Crippen molar-refractivity contribution in [2.24, 2.45) is 5.92 Å². The molecule has 3 fully saturated rings. The van der Waals surface area contributed by atoms with Gasteiger partial charge < -0.3 is 25.2 Å². The molecule has 5 heterocycles. The van der Waals surface area contributed by atoms with Crippen LogP contribution >= 0.6 is 0 Å². The van der Waals surface area contributed by atoms with Crippen LogP contribution in [0.3, 0.4) is 0 Å². The summed E-state index contributed by atoms with van der Waals surface area (Å²) < 4.78 is 8.15. The van der Waals surface area contributed by atoms with Gasteiger partial charge in [0.25, 0.3) is 0 Å². The summed E-state index contributed by atoms with van der Waals surface area (Å²) >= 11 is 0. The second kappa shape index (κ2) is 11.0. The van der Waals surface area contributed by atoms with Crippen molar-refractivity contribution in [2.45, 2.75) is 64.7 Å². The Labute approximate surface area is 234 Å². The van der Waals surface area contributed by atoms with Gasteiger partial charge in [-0.3, -0.25) is 4.79 Å². The van der Waals surface area contributed by atoms with Crippen molar-refractivity contribution in [1.29, 1.82) is 0 Å². The van der Waals surface area contributed by atoms with Crippen LogP contribution in [-0.2, 0) is 9.53 Å². The minimum Gasteiger partial charge on any atom is -0.371 e. The van der Waals surface area contributed by atoms with Crippen LogP contribution in [0.2, 0.25) is 0 Å². The van der Waals surface area contributed by atoms with E-state index in [-0.39, 0.29) is 36.1 Å². The van der Waals surface area contributed by atoms with Crippen LogP contribution in [-0.4, -0.2) is 81.5 Å². The highest BCUT2D eigenvalue weighted by Crippen LogP contribution is 2.35. The molecule has 3 aromatic rings. The van der Waals surface area contributed by atoms with E-state index >= 15 is 0 Å². The number of urea groups is 1. The normalized spacial score (nSPS) is 21.3. The zero-order valence-electron chi connectivity index (χ0n) is 23.5. The number of benzene rings is 1. The number of nitrogens with one attached hydrogen (secondary N) is 2. The Bertz CT molecular complexity index is 1370. The second-order valence-corrected chi connectivity index (χ2v) is 11.3. The third-order valence-corrected chi connectivity index (χ3v) is 8.13. The monoisotopic (exact) mass is 546 g/mol. The molecule has 40 heavy (non-hydrogen) atoms. The molecule has 2 aromatic heterocycles. The van der Waals surface area contributed by atoms with Gasteiger partial charge in [0, 0.05) is 49.9 Å². The summed E-state index contributed by atoms with van der Waals surface area (Å²) in [5.41, 5.74) is 2.39.